The van der Waals surface area contributed by atoms with Crippen LogP contribution in [0.5, 0.6) is 17.2 Å². The first-order chi connectivity index (χ1) is 16.4. The van der Waals surface area contributed by atoms with E-state index < -0.39 is 17.6 Å². The Morgan fingerprint density at radius 3 is 2.09 bits per heavy atom. The molecule has 9 heteroatoms. The van der Waals surface area contributed by atoms with Crippen molar-refractivity contribution in [1.82, 2.24) is 0 Å². The lowest BCUT2D eigenvalue weighted by Gasteiger charge is -2.14. The van der Waals surface area contributed by atoms with Crippen LogP contribution in [0.25, 0.3) is 11.0 Å². The maximum absolute atomic E-state index is 13.2. The number of hydrogen-bond acceptors (Lipinski definition) is 6. The van der Waals surface area contributed by atoms with Gasteiger partial charge in [-0.05, 0) is 48.5 Å². The van der Waals surface area contributed by atoms with E-state index in [1.165, 1.54) is 57.7 Å². The molecule has 0 spiro atoms. The molecule has 4 aromatic rings. The number of methoxy groups -OCH3 is 3. The fourth-order valence-electron chi connectivity index (χ4n) is 3.45. The fraction of sp³-hybridized carbons (Fsp3) is 0.120. The molecule has 174 valence electrons. The minimum atomic E-state index is -0.608. The molecule has 0 bridgehead atoms. The summed E-state index contributed by atoms with van der Waals surface area (Å²) >= 11 is 0. The summed E-state index contributed by atoms with van der Waals surface area (Å²) in [5.41, 5.74) is 1.18. The molecule has 0 radical (unpaired) electrons. The van der Waals surface area contributed by atoms with E-state index in [0.29, 0.717) is 33.9 Å². The van der Waals surface area contributed by atoms with Crippen molar-refractivity contribution in [3.05, 3.63) is 77.8 Å². The number of amides is 2. The Balaban J connectivity index is 1.71. The first-order valence-corrected chi connectivity index (χ1v) is 10.1. The monoisotopic (exact) mass is 464 g/mol. The van der Waals surface area contributed by atoms with Gasteiger partial charge in [0.2, 0.25) is 11.5 Å². The summed E-state index contributed by atoms with van der Waals surface area (Å²) in [6.07, 6.45) is 0. The zero-order valence-electron chi connectivity index (χ0n) is 18.6. The Morgan fingerprint density at radius 1 is 0.824 bits per heavy atom. The van der Waals surface area contributed by atoms with Crippen molar-refractivity contribution in [1.29, 1.82) is 0 Å². The zero-order valence-corrected chi connectivity index (χ0v) is 18.6. The van der Waals surface area contributed by atoms with Gasteiger partial charge in [-0.3, -0.25) is 9.59 Å². The second-order valence-electron chi connectivity index (χ2n) is 7.13. The first kappa shape index (κ1) is 22.7. The number of rotatable bonds is 7. The molecular weight excluding hydrogens is 443 g/mol. The van der Waals surface area contributed by atoms with Gasteiger partial charge in [-0.1, -0.05) is 12.1 Å². The van der Waals surface area contributed by atoms with Gasteiger partial charge in [-0.15, -0.1) is 0 Å². The van der Waals surface area contributed by atoms with Crippen LogP contribution in [0.15, 0.2) is 65.1 Å². The van der Waals surface area contributed by atoms with E-state index in [1.54, 1.807) is 24.3 Å². The number of fused-ring (bicyclic) bond motifs is 1. The molecule has 0 saturated heterocycles. The summed E-state index contributed by atoms with van der Waals surface area (Å²) in [5, 5.41) is 5.94. The molecule has 1 heterocycles. The van der Waals surface area contributed by atoms with Crippen LogP contribution in [0.1, 0.15) is 20.9 Å². The number of benzene rings is 3. The average Bonchev–Trinajstić information content (AvgIpc) is 3.22. The molecule has 2 amide bonds. The predicted molar refractivity (Wildman–Crippen MR) is 125 cm³/mol. The molecule has 8 nitrogen and oxygen atoms in total. The van der Waals surface area contributed by atoms with E-state index in [2.05, 4.69) is 10.6 Å². The van der Waals surface area contributed by atoms with Gasteiger partial charge in [-0.25, -0.2) is 4.39 Å². The molecule has 0 aliphatic heterocycles. The van der Waals surface area contributed by atoms with Crippen molar-refractivity contribution in [3.63, 3.8) is 0 Å². The molecule has 3 aromatic carbocycles. The van der Waals surface area contributed by atoms with Crippen LogP contribution in [0, 0.1) is 5.82 Å². The third kappa shape index (κ3) is 4.36. The molecule has 0 saturated carbocycles. The van der Waals surface area contributed by atoms with Crippen LogP contribution >= 0.6 is 0 Å². The highest BCUT2D eigenvalue weighted by molar-refractivity contribution is 6.17. The minimum Gasteiger partial charge on any atom is -0.493 e. The van der Waals surface area contributed by atoms with Crippen LogP contribution in [0.4, 0.5) is 15.8 Å². The lowest BCUT2D eigenvalue weighted by Crippen LogP contribution is -2.17. The van der Waals surface area contributed by atoms with Crippen LogP contribution in [0.2, 0.25) is 0 Å². The molecule has 2 N–H and O–H groups in total. The predicted octanol–water partition coefficient (Wildman–Crippen LogP) is 5.10. The van der Waals surface area contributed by atoms with Crippen molar-refractivity contribution in [2.75, 3.05) is 32.0 Å². The molecule has 0 atom stereocenters. The van der Waals surface area contributed by atoms with Gasteiger partial charge in [0.1, 0.15) is 17.1 Å². The van der Waals surface area contributed by atoms with E-state index in [9.17, 15) is 14.0 Å². The average molecular weight is 464 g/mol. The van der Waals surface area contributed by atoms with Gasteiger partial charge in [0.15, 0.2) is 11.5 Å². The van der Waals surface area contributed by atoms with E-state index in [0.717, 1.165) is 0 Å². The molecule has 0 unspecified atom stereocenters. The van der Waals surface area contributed by atoms with Crippen LogP contribution in [-0.2, 0) is 0 Å². The molecule has 1 aromatic heterocycles. The molecule has 0 aliphatic rings. The Morgan fingerprint density at radius 2 is 1.47 bits per heavy atom. The third-order valence-electron chi connectivity index (χ3n) is 5.07. The Labute approximate surface area is 194 Å². The summed E-state index contributed by atoms with van der Waals surface area (Å²) in [6.45, 7) is 0. The highest BCUT2D eigenvalue weighted by atomic mass is 19.1. The Hall–Kier alpha value is -4.53. The summed E-state index contributed by atoms with van der Waals surface area (Å²) in [4.78, 5) is 26.2. The number of carbonyl (C=O) groups excluding carboxylic acids is 2. The second-order valence-corrected chi connectivity index (χ2v) is 7.13. The number of furan rings is 1. The van der Waals surface area contributed by atoms with E-state index in [4.69, 9.17) is 18.6 Å². The standard InChI is InChI=1S/C25H21FN2O6/c1-31-19-12-14(13-20(32-2)22(19)33-3)24(29)28-21-17-6-4-5-7-18(17)34-23(21)25(30)27-16-10-8-15(26)9-11-16/h4-13H,1-3H3,(H,27,30)(H,28,29). The number of ether oxygens (including phenoxy) is 3. The quantitative estimate of drug-likeness (QED) is 0.395. The van der Waals surface area contributed by atoms with E-state index >= 15 is 0 Å². The molecule has 0 fully saturated rings. The molecule has 0 aliphatic carbocycles. The molecule has 34 heavy (non-hydrogen) atoms. The second kappa shape index (κ2) is 9.53. The van der Waals surface area contributed by atoms with Gasteiger partial charge in [0.25, 0.3) is 11.8 Å². The summed E-state index contributed by atoms with van der Waals surface area (Å²) in [7, 11) is 4.35. The van der Waals surface area contributed by atoms with Gasteiger partial charge >= 0.3 is 0 Å². The van der Waals surface area contributed by atoms with Crippen molar-refractivity contribution in [3.8, 4) is 17.2 Å². The zero-order chi connectivity index (χ0) is 24.2. The highest BCUT2D eigenvalue weighted by Gasteiger charge is 2.24. The van der Waals surface area contributed by atoms with Crippen molar-refractivity contribution in [2.45, 2.75) is 0 Å². The van der Waals surface area contributed by atoms with Crippen molar-refractivity contribution < 1.29 is 32.6 Å². The summed E-state index contributed by atoms with van der Waals surface area (Å²) in [5.74, 6) is -0.720. The normalized spacial score (nSPS) is 10.6. The van der Waals surface area contributed by atoms with Crippen LogP contribution < -0.4 is 24.8 Å². The number of hydrogen-bond donors (Lipinski definition) is 2. The van der Waals surface area contributed by atoms with Gasteiger partial charge in [0.05, 0.1) is 21.3 Å². The van der Waals surface area contributed by atoms with Crippen LogP contribution in [-0.4, -0.2) is 33.1 Å². The highest BCUT2D eigenvalue weighted by Crippen LogP contribution is 2.39. The minimum absolute atomic E-state index is 0.105. The van der Waals surface area contributed by atoms with Crippen molar-refractivity contribution >= 4 is 34.2 Å². The Bertz CT molecular complexity index is 1340. The van der Waals surface area contributed by atoms with Crippen molar-refractivity contribution in [2.24, 2.45) is 0 Å². The first-order valence-electron chi connectivity index (χ1n) is 10.1. The lowest BCUT2D eigenvalue weighted by atomic mass is 10.1. The fourth-order valence-corrected chi connectivity index (χ4v) is 3.45. The maximum Gasteiger partial charge on any atom is 0.293 e. The van der Waals surface area contributed by atoms with Gasteiger partial charge in [0, 0.05) is 16.6 Å². The maximum atomic E-state index is 13.2. The topological polar surface area (TPSA) is 99.0 Å². The molecule has 4 rings (SSSR count). The molecular formula is C25H21FN2O6. The van der Waals surface area contributed by atoms with E-state index in [1.807, 2.05) is 0 Å². The smallest absolute Gasteiger partial charge is 0.293 e. The summed E-state index contributed by atoms with van der Waals surface area (Å²) < 4.78 is 34.9. The summed E-state index contributed by atoms with van der Waals surface area (Å²) in [6, 6.07) is 15.2. The number of nitrogens with one attached hydrogen (secondary N) is 2. The van der Waals surface area contributed by atoms with Crippen LogP contribution in [0.3, 0.4) is 0 Å². The van der Waals surface area contributed by atoms with E-state index in [-0.39, 0.29) is 17.0 Å². The third-order valence-corrected chi connectivity index (χ3v) is 5.07. The Kier molecular flexibility index (Phi) is 6.35. The number of anilines is 2. The lowest BCUT2D eigenvalue weighted by molar-refractivity contribution is 0.0999. The number of para-hydroxylation sites is 1. The van der Waals surface area contributed by atoms with Gasteiger partial charge in [-0.2, -0.15) is 0 Å². The SMILES string of the molecule is COc1cc(C(=O)Nc2c(C(=O)Nc3ccc(F)cc3)oc3ccccc23)cc(OC)c1OC. The largest absolute Gasteiger partial charge is 0.493 e. The number of carbonyl (C=O) groups is 2. The number of halogens is 1. The van der Waals surface area contributed by atoms with Gasteiger partial charge < -0.3 is 29.3 Å².